The molecule has 0 unspecified atom stereocenters. The summed E-state index contributed by atoms with van der Waals surface area (Å²) >= 11 is 0. The maximum Gasteiger partial charge on any atom is 0.228 e. The van der Waals surface area contributed by atoms with Crippen LogP contribution in [0.1, 0.15) is 38.7 Å². The van der Waals surface area contributed by atoms with E-state index >= 15 is 0 Å². The van der Waals surface area contributed by atoms with Gasteiger partial charge in [-0.05, 0) is 24.8 Å². The van der Waals surface area contributed by atoms with E-state index in [1.165, 1.54) is 5.56 Å². The first-order chi connectivity index (χ1) is 11.7. The molecule has 0 aromatic heterocycles. The molecule has 1 amide bonds. The standard InChI is InChI=1S/C20H30N2O2/c1-3-18-14-22(20(23)17-10-11-24-15-17)19(4-2)13-21(18)12-16-8-6-5-7-9-16/h5-9,17-19H,3-4,10-15H2,1-2H3/t17-,18+,19+/m0/s1. The van der Waals surface area contributed by atoms with Gasteiger partial charge < -0.3 is 9.64 Å². The average Bonchev–Trinajstić information content (AvgIpc) is 3.16. The minimum absolute atomic E-state index is 0.0808. The minimum atomic E-state index is 0.0808. The Morgan fingerprint density at radius 3 is 2.50 bits per heavy atom. The molecule has 1 aromatic rings. The zero-order chi connectivity index (χ0) is 16.9. The van der Waals surface area contributed by atoms with Crippen molar-refractivity contribution in [2.45, 2.75) is 51.7 Å². The topological polar surface area (TPSA) is 32.8 Å². The van der Waals surface area contributed by atoms with Gasteiger partial charge in [-0.3, -0.25) is 9.69 Å². The van der Waals surface area contributed by atoms with Gasteiger partial charge in [-0.2, -0.15) is 0 Å². The van der Waals surface area contributed by atoms with Crippen LogP contribution in [0.5, 0.6) is 0 Å². The van der Waals surface area contributed by atoms with Crippen LogP contribution in [0.2, 0.25) is 0 Å². The first kappa shape index (κ1) is 17.4. The molecule has 0 N–H and O–H groups in total. The quantitative estimate of drug-likeness (QED) is 0.832. The van der Waals surface area contributed by atoms with Crippen LogP contribution in [0, 0.1) is 5.92 Å². The Balaban J connectivity index is 1.70. The molecule has 0 bridgehead atoms. The van der Waals surface area contributed by atoms with E-state index in [0.717, 1.165) is 45.5 Å². The van der Waals surface area contributed by atoms with Crippen LogP contribution in [0.15, 0.2) is 30.3 Å². The van der Waals surface area contributed by atoms with Crippen molar-refractivity contribution in [3.05, 3.63) is 35.9 Å². The zero-order valence-corrected chi connectivity index (χ0v) is 15.0. The molecule has 2 heterocycles. The lowest BCUT2D eigenvalue weighted by Gasteiger charge is -2.47. The molecule has 0 spiro atoms. The maximum absolute atomic E-state index is 12.9. The second-order valence-corrected chi connectivity index (χ2v) is 7.09. The summed E-state index contributed by atoms with van der Waals surface area (Å²) in [6.07, 6.45) is 2.98. The molecule has 2 aliphatic heterocycles. The van der Waals surface area contributed by atoms with E-state index in [1.807, 2.05) is 0 Å². The lowest BCUT2D eigenvalue weighted by molar-refractivity contribution is -0.142. The van der Waals surface area contributed by atoms with E-state index in [-0.39, 0.29) is 5.92 Å². The second kappa shape index (κ2) is 8.13. The van der Waals surface area contributed by atoms with Crippen LogP contribution in [0.4, 0.5) is 0 Å². The van der Waals surface area contributed by atoms with Crippen LogP contribution in [-0.4, -0.2) is 54.1 Å². The molecule has 2 aliphatic rings. The fraction of sp³-hybridized carbons (Fsp3) is 0.650. The number of carbonyl (C=O) groups excluding carboxylic acids is 1. The van der Waals surface area contributed by atoms with E-state index < -0.39 is 0 Å². The zero-order valence-electron chi connectivity index (χ0n) is 15.0. The van der Waals surface area contributed by atoms with E-state index in [9.17, 15) is 4.79 Å². The van der Waals surface area contributed by atoms with Crippen molar-refractivity contribution >= 4 is 5.91 Å². The van der Waals surface area contributed by atoms with Gasteiger partial charge in [0.25, 0.3) is 0 Å². The Morgan fingerprint density at radius 1 is 1.12 bits per heavy atom. The van der Waals surface area contributed by atoms with Crippen molar-refractivity contribution in [3.63, 3.8) is 0 Å². The highest BCUT2D eigenvalue weighted by Gasteiger charge is 2.38. The number of benzene rings is 1. The Kier molecular flexibility index (Phi) is 5.90. The van der Waals surface area contributed by atoms with Gasteiger partial charge in [-0.25, -0.2) is 0 Å². The van der Waals surface area contributed by atoms with Crippen LogP contribution in [-0.2, 0) is 16.1 Å². The number of ether oxygens (including phenoxy) is 1. The lowest BCUT2D eigenvalue weighted by Crippen LogP contribution is -2.60. The van der Waals surface area contributed by atoms with Crippen molar-refractivity contribution in [1.29, 1.82) is 0 Å². The third-order valence-electron chi connectivity index (χ3n) is 5.54. The molecule has 0 aliphatic carbocycles. The van der Waals surface area contributed by atoms with Gasteiger partial charge in [0.15, 0.2) is 0 Å². The SMILES string of the molecule is CC[C@@H]1CN(C(=O)[C@H]2CCOC2)[C@H](CC)CN1Cc1ccccc1. The highest BCUT2D eigenvalue weighted by atomic mass is 16.5. The summed E-state index contributed by atoms with van der Waals surface area (Å²) in [5.74, 6) is 0.398. The third kappa shape index (κ3) is 3.81. The summed E-state index contributed by atoms with van der Waals surface area (Å²) in [6, 6.07) is 11.4. The maximum atomic E-state index is 12.9. The Bertz CT molecular complexity index is 528. The fourth-order valence-corrected chi connectivity index (χ4v) is 3.99. The first-order valence-electron chi connectivity index (χ1n) is 9.39. The fourth-order valence-electron chi connectivity index (χ4n) is 3.99. The Hall–Kier alpha value is -1.39. The number of rotatable bonds is 5. The van der Waals surface area contributed by atoms with Crippen LogP contribution in [0.3, 0.4) is 0 Å². The van der Waals surface area contributed by atoms with Gasteiger partial charge in [-0.15, -0.1) is 0 Å². The minimum Gasteiger partial charge on any atom is -0.381 e. The van der Waals surface area contributed by atoms with Crippen LogP contribution in [0.25, 0.3) is 0 Å². The molecule has 0 radical (unpaired) electrons. The van der Waals surface area contributed by atoms with E-state index in [0.29, 0.717) is 24.6 Å². The lowest BCUT2D eigenvalue weighted by atomic mass is 9.98. The largest absolute Gasteiger partial charge is 0.381 e. The molecule has 2 saturated heterocycles. The average molecular weight is 330 g/mol. The van der Waals surface area contributed by atoms with Crippen LogP contribution >= 0.6 is 0 Å². The van der Waals surface area contributed by atoms with Gasteiger partial charge in [0, 0.05) is 38.3 Å². The number of nitrogens with zero attached hydrogens (tertiary/aromatic N) is 2. The summed E-state index contributed by atoms with van der Waals surface area (Å²) in [4.78, 5) is 17.7. The highest BCUT2D eigenvalue weighted by Crippen LogP contribution is 2.25. The molecule has 4 heteroatoms. The van der Waals surface area contributed by atoms with Crippen molar-refractivity contribution in [3.8, 4) is 0 Å². The summed E-state index contributed by atoms with van der Waals surface area (Å²) in [5, 5.41) is 0. The summed E-state index contributed by atoms with van der Waals surface area (Å²) < 4.78 is 5.43. The monoisotopic (exact) mass is 330 g/mol. The summed E-state index contributed by atoms with van der Waals surface area (Å²) in [7, 11) is 0. The molecule has 0 saturated carbocycles. The first-order valence-corrected chi connectivity index (χ1v) is 9.39. The van der Waals surface area contributed by atoms with E-state index in [4.69, 9.17) is 4.74 Å². The van der Waals surface area contributed by atoms with E-state index in [1.54, 1.807) is 0 Å². The van der Waals surface area contributed by atoms with Crippen molar-refractivity contribution in [2.75, 3.05) is 26.3 Å². The molecular weight excluding hydrogens is 300 g/mol. The number of piperazine rings is 1. The van der Waals surface area contributed by atoms with Gasteiger partial charge in [-0.1, -0.05) is 44.2 Å². The summed E-state index contributed by atoms with van der Waals surface area (Å²) in [6.45, 7) is 8.58. The Morgan fingerprint density at radius 2 is 1.88 bits per heavy atom. The smallest absolute Gasteiger partial charge is 0.228 e. The molecule has 4 nitrogen and oxygen atoms in total. The summed E-state index contributed by atoms with van der Waals surface area (Å²) in [5.41, 5.74) is 1.36. The van der Waals surface area contributed by atoms with Crippen LogP contribution < -0.4 is 0 Å². The highest BCUT2D eigenvalue weighted by molar-refractivity contribution is 5.79. The van der Waals surface area contributed by atoms with Crippen molar-refractivity contribution in [2.24, 2.45) is 5.92 Å². The molecule has 3 atom stereocenters. The van der Waals surface area contributed by atoms with Gasteiger partial charge in [0.05, 0.1) is 12.5 Å². The number of hydrogen-bond acceptors (Lipinski definition) is 3. The molecule has 24 heavy (non-hydrogen) atoms. The van der Waals surface area contributed by atoms with Gasteiger partial charge in [0.1, 0.15) is 0 Å². The molecular formula is C20H30N2O2. The molecule has 1 aromatic carbocycles. The van der Waals surface area contributed by atoms with Crippen molar-refractivity contribution in [1.82, 2.24) is 9.80 Å². The molecule has 132 valence electrons. The third-order valence-corrected chi connectivity index (χ3v) is 5.54. The number of hydrogen-bond donors (Lipinski definition) is 0. The number of carbonyl (C=O) groups is 1. The molecule has 3 rings (SSSR count). The predicted molar refractivity (Wildman–Crippen MR) is 95.6 cm³/mol. The van der Waals surface area contributed by atoms with E-state index in [2.05, 4.69) is 54.0 Å². The van der Waals surface area contributed by atoms with Crippen molar-refractivity contribution < 1.29 is 9.53 Å². The van der Waals surface area contributed by atoms with Gasteiger partial charge >= 0.3 is 0 Å². The second-order valence-electron chi connectivity index (χ2n) is 7.09. The molecule has 2 fully saturated rings. The number of amides is 1. The predicted octanol–water partition coefficient (Wildman–Crippen LogP) is 2.92. The Labute approximate surface area is 145 Å². The van der Waals surface area contributed by atoms with Gasteiger partial charge in [0.2, 0.25) is 5.91 Å². The normalized spacial score (nSPS) is 28.2.